The number of rotatable bonds is 6. The maximum atomic E-state index is 5.46. The lowest BCUT2D eigenvalue weighted by Crippen LogP contribution is -2.26. The summed E-state index contributed by atoms with van der Waals surface area (Å²) in [4.78, 5) is 3.37. The molecular formula is C14H22N4S2. The highest BCUT2D eigenvalue weighted by atomic mass is 32.1. The maximum absolute atomic E-state index is 5.46. The molecule has 2 aromatic rings. The van der Waals surface area contributed by atoms with Crippen molar-refractivity contribution >= 4 is 23.6 Å². The molecule has 1 atom stereocenters. The second kappa shape index (κ2) is 6.65. The first-order valence-corrected chi connectivity index (χ1v) is 8.13. The molecule has 0 spiro atoms. The number of thiophene rings is 1. The van der Waals surface area contributed by atoms with Crippen LogP contribution in [0.4, 0.5) is 0 Å². The van der Waals surface area contributed by atoms with E-state index in [9.17, 15) is 0 Å². The zero-order valence-corrected chi connectivity index (χ0v) is 14.1. The van der Waals surface area contributed by atoms with E-state index in [1.54, 1.807) is 11.3 Å². The van der Waals surface area contributed by atoms with E-state index in [1.165, 1.54) is 0 Å². The van der Waals surface area contributed by atoms with Crippen molar-refractivity contribution in [3.8, 4) is 10.7 Å². The molecule has 1 N–H and O–H groups in total. The molecule has 4 nitrogen and oxygen atoms in total. The third kappa shape index (κ3) is 3.56. The van der Waals surface area contributed by atoms with Crippen LogP contribution in [0.5, 0.6) is 0 Å². The first kappa shape index (κ1) is 15.4. The van der Waals surface area contributed by atoms with Gasteiger partial charge in [-0.15, -0.1) is 11.3 Å². The Bertz CT molecular complexity index is 571. The summed E-state index contributed by atoms with van der Waals surface area (Å²) in [6.45, 7) is 5.46. The summed E-state index contributed by atoms with van der Waals surface area (Å²) in [5.74, 6) is 1.57. The quantitative estimate of drug-likeness (QED) is 0.824. The van der Waals surface area contributed by atoms with Crippen LogP contribution < -0.4 is 0 Å². The molecule has 20 heavy (non-hydrogen) atoms. The van der Waals surface area contributed by atoms with Crippen molar-refractivity contribution in [2.24, 2.45) is 5.92 Å². The molecular weight excluding hydrogens is 288 g/mol. The van der Waals surface area contributed by atoms with E-state index in [0.717, 1.165) is 23.7 Å². The number of aromatic nitrogens is 3. The predicted octanol–water partition coefficient (Wildman–Crippen LogP) is 3.82. The number of nitrogens with zero attached hydrogens (tertiary/aromatic N) is 3. The minimum Gasteiger partial charge on any atom is -0.307 e. The van der Waals surface area contributed by atoms with Crippen molar-refractivity contribution in [1.29, 1.82) is 0 Å². The van der Waals surface area contributed by atoms with Crippen LogP contribution in [-0.4, -0.2) is 40.3 Å². The molecule has 2 aromatic heterocycles. The Balaban J connectivity index is 2.42. The lowest BCUT2D eigenvalue weighted by molar-refractivity contribution is 0.288. The first-order valence-electron chi connectivity index (χ1n) is 6.84. The molecule has 6 heteroatoms. The molecule has 0 saturated carbocycles. The summed E-state index contributed by atoms with van der Waals surface area (Å²) < 4.78 is 2.89. The monoisotopic (exact) mass is 310 g/mol. The summed E-state index contributed by atoms with van der Waals surface area (Å²) >= 11 is 7.16. The normalized spacial score (nSPS) is 13.3. The van der Waals surface area contributed by atoms with Gasteiger partial charge in [-0.25, -0.2) is 0 Å². The summed E-state index contributed by atoms with van der Waals surface area (Å²) in [5.41, 5.74) is 0. The zero-order valence-electron chi connectivity index (χ0n) is 12.5. The highest BCUT2D eigenvalue weighted by Crippen LogP contribution is 2.28. The first-order chi connectivity index (χ1) is 9.49. The van der Waals surface area contributed by atoms with Crippen LogP contribution in [0.2, 0.25) is 0 Å². The molecule has 0 saturated heterocycles. The minimum atomic E-state index is 0.341. The second-order valence-electron chi connectivity index (χ2n) is 5.75. The smallest absolute Gasteiger partial charge is 0.195 e. The van der Waals surface area contributed by atoms with Crippen molar-refractivity contribution in [2.75, 3.05) is 20.6 Å². The zero-order chi connectivity index (χ0) is 14.7. The molecule has 2 rings (SSSR count). The molecule has 0 aliphatic carbocycles. The summed E-state index contributed by atoms with van der Waals surface area (Å²) in [6.07, 6.45) is 1.09. The van der Waals surface area contributed by atoms with Crippen LogP contribution >= 0.6 is 23.6 Å². The maximum Gasteiger partial charge on any atom is 0.195 e. The molecule has 0 bridgehead atoms. The molecule has 0 aliphatic rings. The van der Waals surface area contributed by atoms with Gasteiger partial charge < -0.3 is 4.90 Å². The lowest BCUT2D eigenvalue weighted by Gasteiger charge is -2.25. The number of hydrogen-bond donors (Lipinski definition) is 1. The molecule has 2 heterocycles. The number of hydrogen-bond acceptors (Lipinski definition) is 4. The lowest BCUT2D eigenvalue weighted by atomic mass is 10.0. The van der Waals surface area contributed by atoms with Gasteiger partial charge in [-0.05, 0) is 50.1 Å². The van der Waals surface area contributed by atoms with Gasteiger partial charge in [-0.1, -0.05) is 19.9 Å². The standard InChI is InChI=1S/C14H22N4S2/c1-10(2)8-11(9-17(3)4)18-13(15-16-14(18)19)12-6-5-7-20-12/h5-7,10-11H,8-9H2,1-4H3,(H,16,19). The third-order valence-corrected chi connectivity index (χ3v) is 4.28. The largest absolute Gasteiger partial charge is 0.307 e. The van der Waals surface area contributed by atoms with Crippen LogP contribution in [-0.2, 0) is 0 Å². The van der Waals surface area contributed by atoms with E-state index in [4.69, 9.17) is 12.2 Å². The van der Waals surface area contributed by atoms with Gasteiger partial charge in [0.1, 0.15) is 0 Å². The molecule has 0 fully saturated rings. The summed E-state index contributed by atoms with van der Waals surface area (Å²) in [5, 5.41) is 9.46. The topological polar surface area (TPSA) is 36.9 Å². The summed E-state index contributed by atoms with van der Waals surface area (Å²) in [7, 11) is 4.20. The molecule has 110 valence electrons. The van der Waals surface area contributed by atoms with Gasteiger partial charge >= 0.3 is 0 Å². The average Bonchev–Trinajstić information content (AvgIpc) is 2.95. The highest BCUT2D eigenvalue weighted by molar-refractivity contribution is 7.71. The fourth-order valence-corrected chi connectivity index (χ4v) is 3.44. The molecule has 1 unspecified atom stereocenters. The van der Waals surface area contributed by atoms with Crippen molar-refractivity contribution in [1.82, 2.24) is 19.7 Å². The van der Waals surface area contributed by atoms with Gasteiger partial charge in [0.05, 0.1) is 10.9 Å². The Morgan fingerprint density at radius 3 is 2.75 bits per heavy atom. The van der Waals surface area contributed by atoms with E-state index >= 15 is 0 Å². The Hall–Kier alpha value is -0.980. The predicted molar refractivity (Wildman–Crippen MR) is 87.8 cm³/mol. The van der Waals surface area contributed by atoms with Crippen LogP contribution in [0.1, 0.15) is 26.3 Å². The van der Waals surface area contributed by atoms with Gasteiger partial charge in [0.2, 0.25) is 0 Å². The van der Waals surface area contributed by atoms with Crippen molar-refractivity contribution in [3.63, 3.8) is 0 Å². The van der Waals surface area contributed by atoms with E-state index in [0.29, 0.717) is 16.7 Å². The van der Waals surface area contributed by atoms with Gasteiger partial charge in [0.15, 0.2) is 10.6 Å². The molecule has 0 amide bonds. The van der Waals surface area contributed by atoms with Crippen molar-refractivity contribution in [3.05, 3.63) is 22.3 Å². The van der Waals surface area contributed by atoms with E-state index in [-0.39, 0.29) is 0 Å². The van der Waals surface area contributed by atoms with Gasteiger partial charge in [-0.3, -0.25) is 9.67 Å². The SMILES string of the molecule is CC(C)CC(CN(C)C)n1c(-c2cccs2)n[nH]c1=S. The van der Waals surface area contributed by atoms with E-state index < -0.39 is 0 Å². The Morgan fingerprint density at radius 2 is 2.20 bits per heavy atom. The van der Waals surface area contributed by atoms with Crippen LogP contribution in [0.15, 0.2) is 17.5 Å². The van der Waals surface area contributed by atoms with Crippen LogP contribution in [0.3, 0.4) is 0 Å². The highest BCUT2D eigenvalue weighted by Gasteiger charge is 2.20. The molecule has 0 aliphatic heterocycles. The number of likely N-dealkylation sites (N-methyl/N-ethyl adjacent to an activating group) is 1. The number of aromatic amines is 1. The van der Waals surface area contributed by atoms with E-state index in [2.05, 4.69) is 59.1 Å². The third-order valence-electron chi connectivity index (χ3n) is 3.13. The van der Waals surface area contributed by atoms with Crippen molar-refractivity contribution < 1.29 is 0 Å². The Labute approximate surface area is 129 Å². The fourth-order valence-electron chi connectivity index (χ4n) is 2.45. The fraction of sp³-hybridized carbons (Fsp3) is 0.571. The van der Waals surface area contributed by atoms with Crippen LogP contribution in [0.25, 0.3) is 10.7 Å². The second-order valence-corrected chi connectivity index (χ2v) is 7.08. The van der Waals surface area contributed by atoms with E-state index in [1.807, 2.05) is 6.07 Å². The van der Waals surface area contributed by atoms with Gasteiger partial charge in [-0.2, -0.15) is 5.10 Å². The molecule has 0 aromatic carbocycles. The van der Waals surface area contributed by atoms with Gasteiger partial charge in [0.25, 0.3) is 0 Å². The van der Waals surface area contributed by atoms with Gasteiger partial charge in [0, 0.05) is 6.54 Å². The number of nitrogens with one attached hydrogen (secondary N) is 1. The van der Waals surface area contributed by atoms with Crippen molar-refractivity contribution in [2.45, 2.75) is 26.3 Å². The Kier molecular flexibility index (Phi) is 5.12. The molecule has 0 radical (unpaired) electrons. The number of H-pyrrole nitrogens is 1. The Morgan fingerprint density at radius 1 is 1.45 bits per heavy atom. The minimum absolute atomic E-state index is 0.341. The van der Waals surface area contributed by atoms with Crippen LogP contribution in [0, 0.1) is 10.7 Å². The summed E-state index contributed by atoms with van der Waals surface area (Å²) in [6, 6.07) is 4.48. The average molecular weight is 310 g/mol.